The van der Waals surface area contributed by atoms with Crippen LogP contribution in [0.15, 0.2) is 35.2 Å². The maximum atomic E-state index is 13.0. The molecule has 1 aliphatic heterocycles. The Bertz CT molecular complexity index is 1230. The Balaban J connectivity index is 1.65. The number of amides is 1. The number of rotatable bonds is 5. The highest BCUT2D eigenvalue weighted by Crippen LogP contribution is 2.32. The number of aryl methyl sites for hydroxylation is 2. The number of nitrogens with zero attached hydrogens (tertiary/aromatic N) is 2. The quantitative estimate of drug-likeness (QED) is 0.642. The second-order valence-corrected chi connectivity index (χ2v) is 10.3. The monoisotopic (exact) mass is 445 g/mol. The fourth-order valence-electron chi connectivity index (χ4n) is 3.68. The highest BCUT2D eigenvalue weighted by atomic mass is 32.2. The van der Waals surface area contributed by atoms with Gasteiger partial charge < -0.3 is 4.74 Å². The average molecular weight is 446 g/mol. The van der Waals surface area contributed by atoms with Gasteiger partial charge in [-0.05, 0) is 62.1 Å². The van der Waals surface area contributed by atoms with Gasteiger partial charge in [-0.2, -0.15) is 4.31 Å². The lowest BCUT2D eigenvalue weighted by atomic mass is 10.1. The first-order chi connectivity index (χ1) is 14.3. The van der Waals surface area contributed by atoms with Gasteiger partial charge in [-0.3, -0.25) is 10.1 Å². The lowest BCUT2D eigenvalue weighted by molar-refractivity contribution is 0.102. The van der Waals surface area contributed by atoms with E-state index in [0.29, 0.717) is 18.2 Å². The summed E-state index contributed by atoms with van der Waals surface area (Å²) in [6.07, 6.45) is 1.66. The van der Waals surface area contributed by atoms with Gasteiger partial charge in [0.25, 0.3) is 5.91 Å². The maximum absolute atomic E-state index is 13.0. The molecule has 0 saturated carbocycles. The molecule has 0 bridgehead atoms. The molecule has 0 aliphatic carbocycles. The van der Waals surface area contributed by atoms with Crippen molar-refractivity contribution in [3.05, 3.63) is 47.0 Å². The van der Waals surface area contributed by atoms with E-state index in [9.17, 15) is 13.2 Å². The van der Waals surface area contributed by atoms with Gasteiger partial charge in [0.15, 0.2) is 5.13 Å². The molecule has 1 aliphatic rings. The van der Waals surface area contributed by atoms with Gasteiger partial charge in [-0.15, -0.1) is 0 Å². The summed E-state index contributed by atoms with van der Waals surface area (Å²) in [6.45, 7) is 4.96. The molecule has 3 aromatic rings. The molecule has 30 heavy (non-hydrogen) atoms. The van der Waals surface area contributed by atoms with Crippen LogP contribution in [0.25, 0.3) is 10.2 Å². The van der Waals surface area contributed by atoms with Crippen molar-refractivity contribution in [1.29, 1.82) is 0 Å². The summed E-state index contributed by atoms with van der Waals surface area (Å²) in [6, 6.07) is 8.53. The molecular formula is C21H23N3O4S2. The molecule has 0 radical (unpaired) electrons. The molecule has 1 amide bonds. The van der Waals surface area contributed by atoms with E-state index in [1.165, 1.54) is 34.9 Å². The molecule has 4 rings (SSSR count). The number of anilines is 1. The van der Waals surface area contributed by atoms with Crippen LogP contribution in [0.1, 0.15) is 34.3 Å². The second kappa shape index (κ2) is 7.98. The first kappa shape index (κ1) is 20.8. The number of carbonyl (C=O) groups is 1. The largest absolute Gasteiger partial charge is 0.495 e. The third-order valence-corrected chi connectivity index (χ3v) is 8.00. The number of ether oxygens (including phenoxy) is 1. The van der Waals surface area contributed by atoms with E-state index in [0.717, 1.165) is 34.2 Å². The van der Waals surface area contributed by atoms with E-state index in [4.69, 9.17) is 4.74 Å². The fraction of sp³-hybridized carbons (Fsp3) is 0.333. The van der Waals surface area contributed by atoms with Crippen molar-refractivity contribution >= 4 is 42.6 Å². The Morgan fingerprint density at radius 2 is 1.90 bits per heavy atom. The number of thiazole rings is 1. The van der Waals surface area contributed by atoms with E-state index < -0.39 is 15.9 Å². The van der Waals surface area contributed by atoms with Crippen LogP contribution in [-0.2, 0) is 10.0 Å². The fourth-order valence-corrected chi connectivity index (χ4v) is 6.42. The van der Waals surface area contributed by atoms with Crippen LogP contribution in [0.4, 0.5) is 5.13 Å². The maximum Gasteiger partial charge on any atom is 0.257 e. The molecule has 7 nitrogen and oxygen atoms in total. The van der Waals surface area contributed by atoms with Gasteiger partial charge in [0.2, 0.25) is 10.0 Å². The lowest BCUT2D eigenvalue weighted by Gasteiger charge is -2.18. The number of carbonyl (C=O) groups excluding carboxylic acids is 1. The Hall–Kier alpha value is -2.49. The average Bonchev–Trinajstić information content (AvgIpc) is 3.37. The minimum absolute atomic E-state index is 0.00955. The van der Waals surface area contributed by atoms with E-state index in [2.05, 4.69) is 10.3 Å². The normalized spacial score (nSPS) is 14.9. The molecule has 1 N–H and O–H groups in total. The lowest BCUT2D eigenvalue weighted by Crippen LogP contribution is -2.28. The van der Waals surface area contributed by atoms with Crippen LogP contribution in [0.2, 0.25) is 0 Å². The predicted octanol–water partition coefficient (Wildman–Crippen LogP) is 3.96. The van der Waals surface area contributed by atoms with Gasteiger partial charge in [0.05, 0.1) is 17.3 Å². The zero-order chi connectivity index (χ0) is 21.5. The molecule has 0 atom stereocenters. The Labute approximate surface area is 179 Å². The van der Waals surface area contributed by atoms with Crippen molar-refractivity contribution in [2.24, 2.45) is 0 Å². The minimum Gasteiger partial charge on any atom is -0.495 e. The van der Waals surface area contributed by atoms with E-state index in [1.807, 2.05) is 26.0 Å². The van der Waals surface area contributed by atoms with Crippen LogP contribution in [0, 0.1) is 13.8 Å². The van der Waals surface area contributed by atoms with E-state index >= 15 is 0 Å². The number of methoxy groups -OCH3 is 1. The molecule has 1 aromatic heterocycles. The summed E-state index contributed by atoms with van der Waals surface area (Å²) in [7, 11) is -2.31. The number of fused-ring (bicyclic) bond motifs is 1. The zero-order valence-electron chi connectivity index (χ0n) is 17.1. The summed E-state index contributed by atoms with van der Waals surface area (Å²) in [5.74, 6) is -0.187. The molecule has 1 saturated heterocycles. The molecule has 0 spiro atoms. The number of benzene rings is 2. The van der Waals surface area contributed by atoms with Crippen LogP contribution in [-0.4, -0.2) is 43.8 Å². The Kier molecular flexibility index (Phi) is 5.52. The van der Waals surface area contributed by atoms with E-state index in [1.54, 1.807) is 6.07 Å². The first-order valence-corrected chi connectivity index (χ1v) is 11.9. The SMILES string of the molecule is COc1ccc(C(=O)Nc2nc3c(C)cc(C)cc3s2)cc1S(=O)(=O)N1CCCC1. The van der Waals surface area contributed by atoms with E-state index in [-0.39, 0.29) is 16.2 Å². The number of hydrogen-bond acceptors (Lipinski definition) is 6. The molecule has 158 valence electrons. The summed E-state index contributed by atoms with van der Waals surface area (Å²) >= 11 is 1.39. The highest BCUT2D eigenvalue weighted by Gasteiger charge is 2.30. The minimum atomic E-state index is -3.73. The molecular weight excluding hydrogens is 422 g/mol. The van der Waals surface area contributed by atoms with Gasteiger partial charge in [0.1, 0.15) is 10.6 Å². The summed E-state index contributed by atoms with van der Waals surface area (Å²) in [5, 5.41) is 3.27. The van der Waals surface area contributed by atoms with Crippen molar-refractivity contribution in [2.75, 3.05) is 25.5 Å². The number of sulfonamides is 1. The Morgan fingerprint density at radius 3 is 2.60 bits per heavy atom. The van der Waals surface area contributed by atoms with Gasteiger partial charge in [-0.25, -0.2) is 13.4 Å². The van der Waals surface area contributed by atoms with Gasteiger partial charge >= 0.3 is 0 Å². The standard InChI is InChI=1S/C21H23N3O4S2/c1-13-10-14(2)19-17(11-13)29-21(22-19)23-20(25)15-6-7-16(28-3)18(12-15)30(26,27)24-8-4-5-9-24/h6-7,10-12H,4-5,8-9H2,1-3H3,(H,22,23,25). The number of aromatic nitrogens is 1. The summed E-state index contributed by atoms with van der Waals surface area (Å²) in [5.41, 5.74) is 3.27. The molecule has 9 heteroatoms. The van der Waals surface area contributed by atoms with Crippen molar-refractivity contribution in [3.63, 3.8) is 0 Å². The van der Waals surface area contributed by atoms with Gasteiger partial charge in [0, 0.05) is 18.7 Å². The second-order valence-electron chi connectivity index (χ2n) is 7.38. The smallest absolute Gasteiger partial charge is 0.257 e. The summed E-state index contributed by atoms with van der Waals surface area (Å²) in [4.78, 5) is 17.4. The first-order valence-electron chi connectivity index (χ1n) is 9.67. The van der Waals surface area contributed by atoms with Crippen molar-refractivity contribution in [1.82, 2.24) is 9.29 Å². The van der Waals surface area contributed by atoms with Crippen LogP contribution in [0.5, 0.6) is 5.75 Å². The zero-order valence-corrected chi connectivity index (χ0v) is 18.7. The van der Waals surface area contributed by atoms with Gasteiger partial charge in [-0.1, -0.05) is 17.4 Å². The number of nitrogens with one attached hydrogen (secondary N) is 1. The molecule has 0 unspecified atom stereocenters. The molecule has 1 fully saturated rings. The molecule has 2 aromatic carbocycles. The Morgan fingerprint density at radius 1 is 1.17 bits per heavy atom. The van der Waals surface area contributed by atoms with Crippen LogP contribution >= 0.6 is 11.3 Å². The number of hydrogen-bond donors (Lipinski definition) is 1. The third-order valence-electron chi connectivity index (χ3n) is 5.16. The third kappa shape index (κ3) is 3.80. The van der Waals surface area contributed by atoms with Crippen molar-refractivity contribution in [2.45, 2.75) is 31.6 Å². The topological polar surface area (TPSA) is 88.6 Å². The highest BCUT2D eigenvalue weighted by molar-refractivity contribution is 7.89. The molecule has 2 heterocycles. The predicted molar refractivity (Wildman–Crippen MR) is 118 cm³/mol. The van der Waals surface area contributed by atoms with Crippen LogP contribution < -0.4 is 10.1 Å². The van der Waals surface area contributed by atoms with Crippen molar-refractivity contribution in [3.8, 4) is 5.75 Å². The summed E-state index contributed by atoms with van der Waals surface area (Å²) < 4.78 is 33.8. The van der Waals surface area contributed by atoms with Crippen molar-refractivity contribution < 1.29 is 17.9 Å². The van der Waals surface area contributed by atoms with Crippen LogP contribution in [0.3, 0.4) is 0 Å².